The van der Waals surface area contributed by atoms with Gasteiger partial charge in [0, 0.05) is 17.6 Å². The van der Waals surface area contributed by atoms with Crippen LogP contribution in [0.5, 0.6) is 0 Å². The van der Waals surface area contributed by atoms with E-state index >= 15 is 0 Å². The molecule has 1 aromatic carbocycles. The van der Waals surface area contributed by atoms with Crippen LogP contribution in [-0.2, 0) is 16.6 Å². The minimum atomic E-state index is -3.65. The first-order valence-electron chi connectivity index (χ1n) is 6.04. The Bertz CT molecular complexity index is 584. The van der Waals surface area contributed by atoms with Crippen LogP contribution in [0.25, 0.3) is 0 Å². The lowest BCUT2D eigenvalue weighted by molar-refractivity contribution is 0.270. The lowest BCUT2D eigenvalue weighted by atomic mass is 9.83. The van der Waals surface area contributed by atoms with Gasteiger partial charge < -0.3 is 5.73 Å². The summed E-state index contributed by atoms with van der Waals surface area (Å²) in [6, 6.07) is 2.92. The van der Waals surface area contributed by atoms with Crippen molar-refractivity contribution in [2.75, 3.05) is 0 Å². The summed E-state index contributed by atoms with van der Waals surface area (Å²) in [5, 5.41) is 0.457. The fourth-order valence-corrected chi connectivity index (χ4v) is 4.45. The predicted molar refractivity (Wildman–Crippen MR) is 76.9 cm³/mol. The molecule has 19 heavy (non-hydrogen) atoms. The van der Waals surface area contributed by atoms with E-state index < -0.39 is 10.0 Å². The van der Waals surface area contributed by atoms with Gasteiger partial charge >= 0.3 is 0 Å². The molecule has 7 heteroatoms. The Balaban J connectivity index is 2.32. The maximum absolute atomic E-state index is 12.3. The number of hydrogen-bond acceptors (Lipinski definition) is 3. The second-order valence-electron chi connectivity index (χ2n) is 4.98. The molecule has 0 heterocycles. The molecule has 0 aromatic heterocycles. The number of halogens is 2. The van der Waals surface area contributed by atoms with E-state index in [9.17, 15) is 8.42 Å². The molecular formula is C12H16Cl2N2O2S. The summed E-state index contributed by atoms with van der Waals surface area (Å²) in [6.07, 6.45) is 1.70. The lowest BCUT2D eigenvalue weighted by Gasteiger charge is -2.33. The zero-order valence-corrected chi connectivity index (χ0v) is 12.8. The van der Waals surface area contributed by atoms with Gasteiger partial charge in [-0.05, 0) is 36.5 Å². The van der Waals surface area contributed by atoms with E-state index in [0.29, 0.717) is 16.5 Å². The summed E-state index contributed by atoms with van der Waals surface area (Å²) in [6.45, 7) is 2.23. The third kappa shape index (κ3) is 3.23. The van der Waals surface area contributed by atoms with Crippen LogP contribution in [0.2, 0.25) is 10.0 Å². The number of nitrogens with one attached hydrogen (secondary N) is 1. The first-order chi connectivity index (χ1) is 8.83. The molecule has 1 aromatic rings. The van der Waals surface area contributed by atoms with Crippen LogP contribution in [0.15, 0.2) is 17.0 Å². The van der Waals surface area contributed by atoms with Gasteiger partial charge in [0.25, 0.3) is 0 Å². The number of sulfonamides is 1. The third-order valence-corrected chi connectivity index (χ3v) is 5.61. The molecule has 4 nitrogen and oxygen atoms in total. The molecule has 1 fully saturated rings. The second-order valence-corrected chi connectivity index (χ2v) is 7.47. The summed E-state index contributed by atoms with van der Waals surface area (Å²) < 4.78 is 27.2. The maximum atomic E-state index is 12.3. The van der Waals surface area contributed by atoms with Gasteiger partial charge in [-0.2, -0.15) is 0 Å². The summed E-state index contributed by atoms with van der Waals surface area (Å²) in [4.78, 5) is 0.00155. The molecular weight excluding hydrogens is 307 g/mol. The van der Waals surface area contributed by atoms with Gasteiger partial charge in [-0.1, -0.05) is 30.1 Å². The van der Waals surface area contributed by atoms with Crippen molar-refractivity contribution >= 4 is 33.2 Å². The smallest absolute Gasteiger partial charge is 0.242 e. The van der Waals surface area contributed by atoms with Crippen molar-refractivity contribution in [3.63, 3.8) is 0 Å². The standard InChI is InChI=1S/C12H16Cl2N2O2S/c1-7-2-10(3-7)16-19(17,18)11-5-9(13)4-8(6-15)12(11)14/h4-5,7,10,16H,2-3,6,15H2,1H3. The predicted octanol–water partition coefficient (Wildman–Crippen LogP) is 2.53. The number of nitrogens with two attached hydrogens (primary N) is 1. The zero-order valence-electron chi connectivity index (χ0n) is 10.5. The van der Waals surface area contributed by atoms with E-state index in [2.05, 4.69) is 11.6 Å². The number of benzene rings is 1. The van der Waals surface area contributed by atoms with Crippen LogP contribution in [0.3, 0.4) is 0 Å². The minimum absolute atomic E-state index is 0.00155. The molecule has 0 aliphatic heterocycles. The molecule has 106 valence electrons. The van der Waals surface area contributed by atoms with E-state index in [4.69, 9.17) is 28.9 Å². The molecule has 0 amide bonds. The van der Waals surface area contributed by atoms with Crippen LogP contribution in [0.4, 0.5) is 0 Å². The van der Waals surface area contributed by atoms with Gasteiger partial charge in [0.1, 0.15) is 4.90 Å². The quantitative estimate of drug-likeness (QED) is 0.894. The Kier molecular flexibility index (Phi) is 4.42. The van der Waals surface area contributed by atoms with Crippen LogP contribution in [-0.4, -0.2) is 14.5 Å². The summed E-state index contributed by atoms with van der Waals surface area (Å²) in [5.74, 6) is 0.558. The van der Waals surface area contributed by atoms with Gasteiger partial charge in [0.05, 0.1) is 5.02 Å². The first kappa shape index (κ1) is 15.1. The molecule has 1 saturated carbocycles. The van der Waals surface area contributed by atoms with E-state index in [1.54, 1.807) is 6.07 Å². The van der Waals surface area contributed by atoms with Crippen LogP contribution >= 0.6 is 23.2 Å². The fourth-order valence-electron chi connectivity index (χ4n) is 2.24. The Morgan fingerprint density at radius 2 is 2.00 bits per heavy atom. The first-order valence-corrected chi connectivity index (χ1v) is 8.27. The van der Waals surface area contributed by atoms with Crippen LogP contribution in [0.1, 0.15) is 25.3 Å². The summed E-state index contributed by atoms with van der Waals surface area (Å²) in [7, 11) is -3.65. The number of rotatable bonds is 4. The molecule has 0 saturated heterocycles. The minimum Gasteiger partial charge on any atom is -0.326 e. The zero-order chi connectivity index (χ0) is 14.2. The Labute approximate surface area is 123 Å². The molecule has 0 atom stereocenters. The van der Waals surface area contributed by atoms with Crippen molar-refractivity contribution < 1.29 is 8.42 Å². The average molecular weight is 323 g/mol. The van der Waals surface area contributed by atoms with Crippen molar-refractivity contribution in [2.24, 2.45) is 11.7 Å². The van der Waals surface area contributed by atoms with Gasteiger partial charge in [-0.25, -0.2) is 13.1 Å². The molecule has 0 unspecified atom stereocenters. The highest BCUT2D eigenvalue weighted by atomic mass is 35.5. The topological polar surface area (TPSA) is 72.2 Å². The van der Waals surface area contributed by atoms with Crippen molar-refractivity contribution in [1.82, 2.24) is 4.72 Å². The van der Waals surface area contributed by atoms with Gasteiger partial charge in [0.15, 0.2) is 0 Å². The van der Waals surface area contributed by atoms with E-state index in [1.165, 1.54) is 6.07 Å². The molecule has 1 aliphatic rings. The SMILES string of the molecule is CC1CC(NS(=O)(=O)c2cc(Cl)cc(CN)c2Cl)C1. The summed E-state index contributed by atoms with van der Waals surface area (Å²) in [5.41, 5.74) is 6.05. The van der Waals surface area contributed by atoms with Crippen LogP contribution < -0.4 is 10.5 Å². The molecule has 3 N–H and O–H groups in total. The lowest BCUT2D eigenvalue weighted by Crippen LogP contribution is -2.43. The van der Waals surface area contributed by atoms with E-state index in [1.807, 2.05) is 0 Å². The van der Waals surface area contributed by atoms with Crippen LogP contribution in [0, 0.1) is 5.92 Å². The van der Waals surface area contributed by atoms with E-state index in [-0.39, 0.29) is 22.5 Å². The highest BCUT2D eigenvalue weighted by Crippen LogP contribution is 2.32. The fraction of sp³-hybridized carbons (Fsp3) is 0.500. The molecule has 1 aliphatic carbocycles. The molecule has 0 bridgehead atoms. The maximum Gasteiger partial charge on any atom is 0.242 e. The van der Waals surface area contributed by atoms with Gasteiger partial charge in [-0.3, -0.25) is 0 Å². The van der Waals surface area contributed by atoms with Crippen molar-refractivity contribution in [3.05, 3.63) is 27.7 Å². The van der Waals surface area contributed by atoms with Crippen molar-refractivity contribution in [3.8, 4) is 0 Å². The molecule has 0 spiro atoms. The largest absolute Gasteiger partial charge is 0.326 e. The summed E-state index contributed by atoms with van der Waals surface area (Å²) >= 11 is 12.0. The monoisotopic (exact) mass is 322 g/mol. The van der Waals surface area contributed by atoms with E-state index in [0.717, 1.165) is 12.8 Å². The Hall–Kier alpha value is -0.330. The van der Waals surface area contributed by atoms with Gasteiger partial charge in [-0.15, -0.1) is 0 Å². The Morgan fingerprint density at radius 1 is 1.37 bits per heavy atom. The average Bonchev–Trinajstić information content (AvgIpc) is 2.29. The second kappa shape index (κ2) is 5.58. The molecule has 0 radical (unpaired) electrons. The third-order valence-electron chi connectivity index (χ3n) is 3.28. The highest BCUT2D eigenvalue weighted by Gasteiger charge is 2.31. The Morgan fingerprint density at radius 3 is 2.53 bits per heavy atom. The normalized spacial score (nSPS) is 23.2. The number of hydrogen-bond donors (Lipinski definition) is 2. The van der Waals surface area contributed by atoms with Crippen molar-refractivity contribution in [2.45, 2.75) is 37.2 Å². The van der Waals surface area contributed by atoms with Crippen molar-refractivity contribution in [1.29, 1.82) is 0 Å². The molecule has 2 rings (SSSR count). The van der Waals surface area contributed by atoms with Gasteiger partial charge in [0.2, 0.25) is 10.0 Å². The highest BCUT2D eigenvalue weighted by molar-refractivity contribution is 7.89.